The molecule has 2 aromatic heterocycles. The van der Waals surface area contributed by atoms with Gasteiger partial charge >= 0.3 is 5.97 Å². The van der Waals surface area contributed by atoms with Gasteiger partial charge in [0.25, 0.3) is 5.91 Å². The summed E-state index contributed by atoms with van der Waals surface area (Å²) in [5.74, 6) is -1.42. The van der Waals surface area contributed by atoms with Gasteiger partial charge in [-0.05, 0) is 25.3 Å². The van der Waals surface area contributed by atoms with Crippen LogP contribution >= 0.6 is 0 Å². The molecular formula is C19H21N5O4. The number of ether oxygens (including phenoxy) is 1. The van der Waals surface area contributed by atoms with E-state index in [-0.39, 0.29) is 18.0 Å². The van der Waals surface area contributed by atoms with Crippen LogP contribution in [0.5, 0.6) is 5.75 Å². The minimum Gasteiger partial charge on any atom is -0.505 e. The Hall–Kier alpha value is -3.36. The lowest BCUT2D eigenvalue weighted by atomic mass is 10.0. The summed E-state index contributed by atoms with van der Waals surface area (Å²) in [6, 6.07) is 5.61. The Morgan fingerprint density at radius 1 is 1.25 bits per heavy atom. The molecule has 0 bridgehead atoms. The van der Waals surface area contributed by atoms with E-state index in [9.17, 15) is 14.7 Å². The third-order valence-electron chi connectivity index (χ3n) is 5.04. The minimum atomic E-state index is -0.635. The number of carbonyl (C=O) groups is 2. The van der Waals surface area contributed by atoms with Crippen LogP contribution in [0.2, 0.25) is 0 Å². The van der Waals surface area contributed by atoms with Gasteiger partial charge in [0.1, 0.15) is 12.9 Å². The van der Waals surface area contributed by atoms with E-state index < -0.39 is 11.9 Å². The first-order chi connectivity index (χ1) is 13.6. The van der Waals surface area contributed by atoms with E-state index in [1.54, 1.807) is 6.07 Å². The normalized spacial score (nSPS) is 14.4. The number of nitrogens with one attached hydrogen (secondary N) is 1. The number of hydrogen-bond acceptors (Lipinski definition) is 7. The minimum absolute atomic E-state index is 0.0697. The summed E-state index contributed by atoms with van der Waals surface area (Å²) in [5.41, 5.74) is 1.38. The molecule has 0 saturated carbocycles. The van der Waals surface area contributed by atoms with Crippen molar-refractivity contribution in [1.82, 2.24) is 19.9 Å². The predicted molar refractivity (Wildman–Crippen MR) is 103 cm³/mol. The molecule has 9 heteroatoms. The van der Waals surface area contributed by atoms with E-state index in [0.717, 1.165) is 37.0 Å². The van der Waals surface area contributed by atoms with E-state index in [1.165, 1.54) is 24.4 Å². The van der Waals surface area contributed by atoms with Gasteiger partial charge in [-0.25, -0.2) is 9.50 Å². The zero-order chi connectivity index (χ0) is 19.7. The lowest BCUT2D eigenvalue weighted by Gasteiger charge is -2.30. The number of fused-ring (bicyclic) bond motifs is 3. The van der Waals surface area contributed by atoms with Crippen LogP contribution in [-0.4, -0.2) is 58.3 Å². The van der Waals surface area contributed by atoms with Crippen LogP contribution in [0.1, 0.15) is 29.8 Å². The smallest absolute Gasteiger partial charge is 0.325 e. The summed E-state index contributed by atoms with van der Waals surface area (Å²) in [4.78, 5) is 30.6. The first-order valence-corrected chi connectivity index (χ1v) is 9.19. The molecule has 1 amide bonds. The van der Waals surface area contributed by atoms with Crippen molar-refractivity contribution in [2.45, 2.75) is 19.3 Å². The number of esters is 1. The molecule has 0 spiro atoms. The van der Waals surface area contributed by atoms with Gasteiger partial charge in [-0.1, -0.05) is 12.1 Å². The monoisotopic (exact) mass is 383 g/mol. The number of nitrogens with zero attached hydrogens (tertiary/aromatic N) is 4. The van der Waals surface area contributed by atoms with Gasteiger partial charge in [-0.15, -0.1) is 0 Å². The molecule has 2 N–H and O–H groups in total. The number of pyridine rings is 1. The van der Waals surface area contributed by atoms with E-state index >= 15 is 0 Å². The fraction of sp³-hybridized carbons (Fsp3) is 0.368. The number of amides is 1. The van der Waals surface area contributed by atoms with Crippen LogP contribution in [0.15, 0.2) is 24.5 Å². The molecule has 1 aliphatic rings. The number of methoxy groups -OCH3 is 1. The number of carbonyl (C=O) groups excluding carboxylic acids is 2. The largest absolute Gasteiger partial charge is 0.505 e. The molecule has 0 aliphatic carbocycles. The van der Waals surface area contributed by atoms with Gasteiger partial charge in [0.2, 0.25) is 0 Å². The Bertz CT molecular complexity index is 1060. The standard InChI is InChI=1S/C19H21N5O4/c1-28-14(25)10-20-19(27)16-17(26)12-6-5-7-13(23-8-3-2-4-9-23)15(12)18-21-11-22-24(16)18/h5-7,11,26H,2-4,8-10H2,1H3,(H,20,27). The van der Waals surface area contributed by atoms with Crippen molar-refractivity contribution < 1.29 is 19.4 Å². The van der Waals surface area contributed by atoms with Crippen molar-refractivity contribution in [2.75, 3.05) is 31.6 Å². The molecule has 0 radical (unpaired) electrons. The quantitative estimate of drug-likeness (QED) is 0.657. The van der Waals surface area contributed by atoms with Crippen LogP contribution in [0, 0.1) is 0 Å². The third kappa shape index (κ3) is 2.98. The van der Waals surface area contributed by atoms with Gasteiger partial charge in [0.15, 0.2) is 17.1 Å². The zero-order valence-electron chi connectivity index (χ0n) is 15.5. The van der Waals surface area contributed by atoms with Crippen LogP contribution in [0.3, 0.4) is 0 Å². The summed E-state index contributed by atoms with van der Waals surface area (Å²) in [6.45, 7) is 1.56. The second-order valence-electron chi connectivity index (χ2n) is 6.70. The van der Waals surface area contributed by atoms with Crippen molar-refractivity contribution in [1.29, 1.82) is 0 Å². The summed E-state index contributed by atoms with van der Waals surface area (Å²) < 4.78 is 5.85. The molecule has 1 aromatic carbocycles. The molecular weight excluding hydrogens is 362 g/mol. The topological polar surface area (TPSA) is 109 Å². The highest BCUT2D eigenvalue weighted by Gasteiger charge is 2.25. The Kier molecular flexibility index (Phi) is 4.72. The molecule has 1 fully saturated rings. The maximum absolute atomic E-state index is 12.7. The second-order valence-corrected chi connectivity index (χ2v) is 6.70. The average Bonchev–Trinajstić information content (AvgIpc) is 3.21. The van der Waals surface area contributed by atoms with Crippen LogP contribution < -0.4 is 10.2 Å². The fourth-order valence-electron chi connectivity index (χ4n) is 3.69. The highest BCUT2D eigenvalue weighted by Crippen LogP contribution is 2.37. The Labute approximate surface area is 160 Å². The number of anilines is 1. The number of hydrogen-bond donors (Lipinski definition) is 2. The van der Waals surface area contributed by atoms with Crippen molar-refractivity contribution in [3.05, 3.63) is 30.2 Å². The van der Waals surface area contributed by atoms with Gasteiger partial charge in [0, 0.05) is 24.2 Å². The van der Waals surface area contributed by atoms with Gasteiger partial charge in [-0.3, -0.25) is 9.59 Å². The SMILES string of the molecule is COC(=O)CNC(=O)c1c(O)c2cccc(N3CCCCC3)c2c2ncnn12. The predicted octanol–water partition coefficient (Wildman–Crippen LogP) is 1.48. The van der Waals surface area contributed by atoms with Crippen LogP contribution in [0.25, 0.3) is 16.4 Å². The Morgan fingerprint density at radius 2 is 2.04 bits per heavy atom. The Balaban J connectivity index is 1.87. The maximum Gasteiger partial charge on any atom is 0.325 e. The highest BCUT2D eigenvalue weighted by molar-refractivity contribution is 6.11. The van der Waals surface area contributed by atoms with E-state index in [1.807, 2.05) is 12.1 Å². The summed E-state index contributed by atoms with van der Waals surface area (Å²) in [6.07, 6.45) is 4.77. The molecule has 28 heavy (non-hydrogen) atoms. The van der Waals surface area contributed by atoms with E-state index in [4.69, 9.17) is 0 Å². The number of aromatic hydroxyl groups is 1. The lowest BCUT2D eigenvalue weighted by molar-refractivity contribution is -0.139. The molecule has 3 aromatic rings. The molecule has 1 aliphatic heterocycles. The lowest BCUT2D eigenvalue weighted by Crippen LogP contribution is -2.32. The van der Waals surface area contributed by atoms with Crippen molar-refractivity contribution in [3.8, 4) is 5.75 Å². The van der Waals surface area contributed by atoms with Crippen molar-refractivity contribution in [2.24, 2.45) is 0 Å². The highest BCUT2D eigenvalue weighted by atomic mass is 16.5. The third-order valence-corrected chi connectivity index (χ3v) is 5.04. The number of piperidine rings is 1. The maximum atomic E-state index is 12.7. The number of aromatic nitrogens is 3. The molecule has 0 unspecified atom stereocenters. The summed E-state index contributed by atoms with van der Waals surface area (Å²) >= 11 is 0. The fourth-order valence-corrected chi connectivity index (χ4v) is 3.69. The van der Waals surface area contributed by atoms with Crippen molar-refractivity contribution in [3.63, 3.8) is 0 Å². The number of rotatable bonds is 4. The van der Waals surface area contributed by atoms with E-state index in [0.29, 0.717) is 11.0 Å². The van der Waals surface area contributed by atoms with Gasteiger partial charge in [-0.2, -0.15) is 5.10 Å². The molecule has 0 atom stereocenters. The number of benzene rings is 1. The first kappa shape index (κ1) is 18.0. The molecule has 4 rings (SSSR count). The average molecular weight is 383 g/mol. The zero-order valence-corrected chi connectivity index (χ0v) is 15.5. The molecule has 146 valence electrons. The molecule has 1 saturated heterocycles. The van der Waals surface area contributed by atoms with Gasteiger partial charge < -0.3 is 20.1 Å². The molecule has 9 nitrogen and oxygen atoms in total. The molecule has 3 heterocycles. The van der Waals surface area contributed by atoms with Gasteiger partial charge in [0.05, 0.1) is 12.5 Å². The van der Waals surface area contributed by atoms with Crippen LogP contribution in [0.4, 0.5) is 5.69 Å². The van der Waals surface area contributed by atoms with E-state index in [2.05, 4.69) is 25.0 Å². The Morgan fingerprint density at radius 3 is 2.79 bits per heavy atom. The first-order valence-electron chi connectivity index (χ1n) is 9.19. The van der Waals surface area contributed by atoms with Crippen LogP contribution in [-0.2, 0) is 9.53 Å². The summed E-state index contributed by atoms with van der Waals surface area (Å²) in [7, 11) is 1.24. The summed E-state index contributed by atoms with van der Waals surface area (Å²) in [5, 5.41) is 18.7. The second kappa shape index (κ2) is 7.34. The van der Waals surface area contributed by atoms with Crippen molar-refractivity contribution >= 4 is 34.0 Å².